The summed E-state index contributed by atoms with van der Waals surface area (Å²) in [6, 6.07) is 0.333. The molecule has 0 saturated heterocycles. The van der Waals surface area contributed by atoms with Crippen LogP contribution in [0.1, 0.15) is 49.1 Å². The van der Waals surface area contributed by atoms with E-state index in [-0.39, 0.29) is 0 Å². The SMILES string of the molecule is Cc1n[nH]c(C)c1CC(N)C1C2CC3CC(C2)CC1C3. The van der Waals surface area contributed by atoms with Gasteiger partial charge in [-0.1, -0.05) is 0 Å². The molecule has 3 N–H and O–H groups in total. The number of hydrogen-bond acceptors (Lipinski definition) is 2. The van der Waals surface area contributed by atoms with Crippen molar-refractivity contribution >= 4 is 0 Å². The van der Waals surface area contributed by atoms with E-state index in [1.807, 2.05) is 0 Å². The maximum absolute atomic E-state index is 6.69. The molecule has 0 spiro atoms. The van der Waals surface area contributed by atoms with Crippen molar-refractivity contribution in [1.82, 2.24) is 10.2 Å². The lowest BCUT2D eigenvalue weighted by Gasteiger charge is -2.56. The van der Waals surface area contributed by atoms with Crippen LogP contribution in [0.5, 0.6) is 0 Å². The van der Waals surface area contributed by atoms with Crippen molar-refractivity contribution in [2.75, 3.05) is 0 Å². The Morgan fingerprint density at radius 1 is 1.10 bits per heavy atom. The van der Waals surface area contributed by atoms with Crippen molar-refractivity contribution in [2.45, 2.75) is 58.4 Å². The molecule has 0 aromatic carbocycles. The van der Waals surface area contributed by atoms with Gasteiger partial charge in [0, 0.05) is 11.7 Å². The molecule has 20 heavy (non-hydrogen) atoms. The van der Waals surface area contributed by atoms with Crippen LogP contribution in [0.25, 0.3) is 0 Å². The lowest BCUT2D eigenvalue weighted by atomic mass is 9.50. The number of aromatic nitrogens is 2. The van der Waals surface area contributed by atoms with Gasteiger partial charge >= 0.3 is 0 Å². The van der Waals surface area contributed by atoms with Gasteiger partial charge in [0.25, 0.3) is 0 Å². The molecule has 1 unspecified atom stereocenters. The number of hydrogen-bond donors (Lipinski definition) is 2. The number of nitrogens with two attached hydrogens (primary N) is 1. The maximum atomic E-state index is 6.69. The Balaban J connectivity index is 1.53. The van der Waals surface area contributed by atoms with Crippen molar-refractivity contribution in [2.24, 2.45) is 35.3 Å². The molecule has 0 amide bonds. The summed E-state index contributed by atoms with van der Waals surface area (Å²) in [6.45, 7) is 4.22. The summed E-state index contributed by atoms with van der Waals surface area (Å²) < 4.78 is 0. The average molecular weight is 273 g/mol. The molecule has 1 aromatic rings. The maximum Gasteiger partial charge on any atom is 0.0626 e. The highest BCUT2D eigenvalue weighted by atomic mass is 15.1. The first-order valence-corrected chi connectivity index (χ1v) is 8.37. The number of aromatic amines is 1. The number of nitrogens with one attached hydrogen (secondary N) is 1. The van der Waals surface area contributed by atoms with Crippen LogP contribution in [0.4, 0.5) is 0 Å². The zero-order valence-electron chi connectivity index (χ0n) is 12.7. The molecular formula is C17H27N3. The van der Waals surface area contributed by atoms with Crippen LogP contribution >= 0.6 is 0 Å². The third-order valence-electron chi connectivity index (χ3n) is 6.51. The zero-order chi connectivity index (χ0) is 13.9. The molecule has 0 aliphatic heterocycles. The molecular weight excluding hydrogens is 246 g/mol. The van der Waals surface area contributed by atoms with Crippen LogP contribution in [-0.4, -0.2) is 16.2 Å². The Morgan fingerprint density at radius 2 is 1.70 bits per heavy atom. The fourth-order valence-corrected chi connectivity index (χ4v) is 5.91. The van der Waals surface area contributed by atoms with E-state index >= 15 is 0 Å². The van der Waals surface area contributed by atoms with Gasteiger partial charge in [-0.15, -0.1) is 0 Å². The predicted molar refractivity (Wildman–Crippen MR) is 80.3 cm³/mol. The minimum atomic E-state index is 0.333. The summed E-state index contributed by atoms with van der Waals surface area (Å²) in [5, 5.41) is 7.43. The lowest BCUT2D eigenvalue weighted by molar-refractivity contribution is -0.0465. The fraction of sp³-hybridized carbons (Fsp3) is 0.824. The van der Waals surface area contributed by atoms with Gasteiger partial charge in [-0.05, 0) is 87.5 Å². The van der Waals surface area contributed by atoms with Crippen molar-refractivity contribution in [3.05, 3.63) is 17.0 Å². The predicted octanol–water partition coefficient (Wildman–Crippen LogP) is 2.97. The van der Waals surface area contributed by atoms with Crippen molar-refractivity contribution in [3.63, 3.8) is 0 Å². The molecule has 4 bridgehead atoms. The quantitative estimate of drug-likeness (QED) is 0.889. The van der Waals surface area contributed by atoms with Crippen LogP contribution in [0.15, 0.2) is 0 Å². The molecule has 0 radical (unpaired) electrons. The molecule has 1 atom stereocenters. The van der Waals surface area contributed by atoms with Gasteiger partial charge < -0.3 is 5.73 Å². The van der Waals surface area contributed by atoms with E-state index in [4.69, 9.17) is 5.73 Å². The van der Waals surface area contributed by atoms with Gasteiger partial charge in [0.2, 0.25) is 0 Å². The second-order valence-corrected chi connectivity index (χ2v) is 7.79. The second kappa shape index (κ2) is 4.59. The van der Waals surface area contributed by atoms with Gasteiger partial charge in [-0.3, -0.25) is 5.10 Å². The Bertz CT molecular complexity index is 457. The molecule has 4 aliphatic rings. The van der Waals surface area contributed by atoms with Crippen LogP contribution in [0.3, 0.4) is 0 Å². The molecule has 4 aliphatic carbocycles. The van der Waals surface area contributed by atoms with Gasteiger partial charge in [0.05, 0.1) is 5.69 Å². The minimum absolute atomic E-state index is 0.333. The summed E-state index contributed by atoms with van der Waals surface area (Å²) in [5.41, 5.74) is 10.4. The highest BCUT2D eigenvalue weighted by molar-refractivity contribution is 5.24. The van der Waals surface area contributed by atoms with E-state index in [1.54, 1.807) is 0 Å². The van der Waals surface area contributed by atoms with Crippen LogP contribution < -0.4 is 5.73 Å². The number of aryl methyl sites for hydroxylation is 2. The van der Waals surface area contributed by atoms with Crippen molar-refractivity contribution in [1.29, 1.82) is 0 Å². The molecule has 110 valence electrons. The monoisotopic (exact) mass is 273 g/mol. The first-order chi connectivity index (χ1) is 9.61. The van der Waals surface area contributed by atoms with Crippen LogP contribution in [0, 0.1) is 43.4 Å². The van der Waals surface area contributed by atoms with Gasteiger partial charge in [0.15, 0.2) is 0 Å². The molecule has 3 nitrogen and oxygen atoms in total. The van der Waals surface area contributed by atoms with Gasteiger partial charge in [-0.25, -0.2) is 0 Å². The standard InChI is InChI=1S/C17H27N3/c1-9-15(10(2)20-19-9)8-16(18)17-13-4-11-3-12(6-13)7-14(17)5-11/h11-14,16-17H,3-8,18H2,1-2H3,(H,19,20). The van der Waals surface area contributed by atoms with Crippen molar-refractivity contribution in [3.8, 4) is 0 Å². The molecule has 4 saturated carbocycles. The molecule has 1 aromatic heterocycles. The van der Waals surface area contributed by atoms with Crippen LogP contribution in [-0.2, 0) is 6.42 Å². The summed E-state index contributed by atoms with van der Waals surface area (Å²) >= 11 is 0. The molecule has 1 heterocycles. The number of H-pyrrole nitrogens is 1. The lowest BCUT2D eigenvalue weighted by Crippen LogP contribution is -2.52. The molecule has 4 fully saturated rings. The van der Waals surface area contributed by atoms with Gasteiger partial charge in [-0.2, -0.15) is 5.10 Å². The summed E-state index contributed by atoms with van der Waals surface area (Å²) in [6.07, 6.45) is 8.41. The first-order valence-electron chi connectivity index (χ1n) is 8.37. The van der Waals surface area contributed by atoms with E-state index in [0.29, 0.717) is 6.04 Å². The topological polar surface area (TPSA) is 54.7 Å². The number of nitrogens with zero attached hydrogens (tertiary/aromatic N) is 1. The fourth-order valence-electron chi connectivity index (χ4n) is 5.91. The minimum Gasteiger partial charge on any atom is -0.327 e. The first kappa shape index (κ1) is 12.9. The highest BCUT2D eigenvalue weighted by Gasteiger charge is 2.49. The zero-order valence-corrected chi connectivity index (χ0v) is 12.7. The van der Waals surface area contributed by atoms with Gasteiger partial charge in [0.1, 0.15) is 0 Å². The Labute approximate surface area is 121 Å². The van der Waals surface area contributed by atoms with Crippen molar-refractivity contribution < 1.29 is 0 Å². The van der Waals surface area contributed by atoms with E-state index in [9.17, 15) is 0 Å². The average Bonchev–Trinajstić information content (AvgIpc) is 2.69. The second-order valence-electron chi connectivity index (χ2n) is 7.79. The summed E-state index contributed by atoms with van der Waals surface area (Å²) in [7, 11) is 0. The largest absolute Gasteiger partial charge is 0.327 e. The Hall–Kier alpha value is -0.830. The van der Waals surface area contributed by atoms with E-state index < -0.39 is 0 Å². The van der Waals surface area contributed by atoms with Crippen LogP contribution in [0.2, 0.25) is 0 Å². The smallest absolute Gasteiger partial charge is 0.0626 e. The van der Waals surface area contributed by atoms with E-state index in [0.717, 1.165) is 41.7 Å². The highest BCUT2D eigenvalue weighted by Crippen LogP contribution is 2.57. The summed E-state index contributed by atoms with van der Waals surface area (Å²) in [4.78, 5) is 0. The normalized spacial score (nSPS) is 40.2. The third kappa shape index (κ3) is 1.93. The third-order valence-corrected chi connectivity index (χ3v) is 6.51. The van der Waals surface area contributed by atoms with E-state index in [2.05, 4.69) is 24.0 Å². The Morgan fingerprint density at radius 3 is 2.20 bits per heavy atom. The molecule has 3 heteroatoms. The summed E-state index contributed by atoms with van der Waals surface area (Å²) in [5.74, 6) is 4.70. The Kier molecular flexibility index (Phi) is 2.95. The van der Waals surface area contributed by atoms with E-state index in [1.165, 1.54) is 43.4 Å². The molecule has 5 rings (SSSR count). The number of rotatable bonds is 3.